The summed E-state index contributed by atoms with van der Waals surface area (Å²) in [5.41, 5.74) is -0.476. The lowest BCUT2D eigenvalue weighted by molar-refractivity contribution is -0.122. The molecule has 1 atom stereocenters. The first-order chi connectivity index (χ1) is 8.26. The third-order valence-electron chi connectivity index (χ3n) is 2.11. The highest BCUT2D eigenvalue weighted by Crippen LogP contribution is 2.06. The van der Waals surface area contributed by atoms with Crippen molar-refractivity contribution in [2.45, 2.75) is 45.8 Å². The number of amides is 2. The zero-order valence-electron chi connectivity index (χ0n) is 11.9. The average molecular weight is 259 g/mol. The molecular formula is C12H25N3O3. The van der Waals surface area contributed by atoms with Gasteiger partial charge in [0, 0.05) is 13.6 Å². The molecule has 0 saturated carbocycles. The summed E-state index contributed by atoms with van der Waals surface area (Å²) in [6, 6.07) is -0.225. The fourth-order valence-corrected chi connectivity index (χ4v) is 1.22. The van der Waals surface area contributed by atoms with Crippen molar-refractivity contribution in [3.8, 4) is 0 Å². The minimum atomic E-state index is -0.476. The van der Waals surface area contributed by atoms with Gasteiger partial charge in [0.05, 0.1) is 6.04 Å². The van der Waals surface area contributed by atoms with Gasteiger partial charge in [-0.1, -0.05) is 0 Å². The summed E-state index contributed by atoms with van der Waals surface area (Å²) in [6.07, 6.45) is 0.322. The smallest absolute Gasteiger partial charge is 0.407 e. The molecule has 0 radical (unpaired) electrons. The monoisotopic (exact) mass is 259 g/mol. The highest BCUT2D eigenvalue weighted by molar-refractivity contribution is 5.80. The van der Waals surface area contributed by atoms with E-state index >= 15 is 0 Å². The molecule has 0 saturated heterocycles. The molecule has 0 aromatic heterocycles. The molecule has 18 heavy (non-hydrogen) atoms. The Hall–Kier alpha value is -1.30. The van der Waals surface area contributed by atoms with Crippen LogP contribution in [0.5, 0.6) is 0 Å². The van der Waals surface area contributed by atoms with Gasteiger partial charge in [-0.15, -0.1) is 0 Å². The average Bonchev–Trinajstić information content (AvgIpc) is 2.24. The van der Waals surface area contributed by atoms with Gasteiger partial charge in [0.1, 0.15) is 5.60 Å². The normalized spacial score (nSPS) is 12.7. The van der Waals surface area contributed by atoms with Crippen molar-refractivity contribution in [2.75, 3.05) is 20.1 Å². The molecule has 0 aromatic carbocycles. The molecule has 0 aliphatic rings. The molecule has 3 N–H and O–H groups in total. The second-order valence-corrected chi connectivity index (χ2v) is 5.07. The van der Waals surface area contributed by atoms with E-state index in [1.807, 2.05) is 20.8 Å². The molecule has 0 heterocycles. The van der Waals surface area contributed by atoms with Crippen LogP contribution < -0.4 is 16.0 Å². The summed E-state index contributed by atoms with van der Waals surface area (Å²) in [5.74, 6) is -0.0462. The number of alkyl carbamates (subject to hydrolysis) is 1. The van der Waals surface area contributed by atoms with Gasteiger partial charge >= 0.3 is 6.09 Å². The summed E-state index contributed by atoms with van der Waals surface area (Å²) in [6.45, 7) is 8.42. The fourth-order valence-electron chi connectivity index (χ4n) is 1.22. The highest BCUT2D eigenvalue weighted by Gasteiger charge is 2.15. The third kappa shape index (κ3) is 8.81. The van der Waals surface area contributed by atoms with E-state index in [1.54, 1.807) is 14.0 Å². The standard InChI is InChI=1S/C12H25N3O3/c1-9(10(16)13-5)14-7-6-8-15-11(17)18-12(2,3)4/h9,14H,6-8H2,1-5H3,(H,13,16)(H,15,17). The predicted molar refractivity (Wildman–Crippen MR) is 70.4 cm³/mol. The van der Waals surface area contributed by atoms with Crippen LogP contribution in [0.4, 0.5) is 4.79 Å². The Balaban J connectivity index is 3.57. The van der Waals surface area contributed by atoms with Crippen molar-refractivity contribution in [2.24, 2.45) is 0 Å². The van der Waals surface area contributed by atoms with Crippen LogP contribution in [0.15, 0.2) is 0 Å². The molecular weight excluding hydrogens is 234 g/mol. The van der Waals surface area contributed by atoms with Crippen molar-refractivity contribution in [1.82, 2.24) is 16.0 Å². The maximum absolute atomic E-state index is 11.3. The van der Waals surface area contributed by atoms with E-state index < -0.39 is 11.7 Å². The van der Waals surface area contributed by atoms with Crippen molar-refractivity contribution < 1.29 is 14.3 Å². The van der Waals surface area contributed by atoms with E-state index in [0.29, 0.717) is 13.1 Å². The van der Waals surface area contributed by atoms with E-state index in [0.717, 1.165) is 6.42 Å². The van der Waals surface area contributed by atoms with E-state index in [4.69, 9.17) is 4.74 Å². The first-order valence-corrected chi connectivity index (χ1v) is 6.18. The largest absolute Gasteiger partial charge is 0.444 e. The maximum Gasteiger partial charge on any atom is 0.407 e. The van der Waals surface area contributed by atoms with Gasteiger partial charge in [0.2, 0.25) is 5.91 Å². The van der Waals surface area contributed by atoms with Crippen molar-refractivity contribution in [3.05, 3.63) is 0 Å². The highest BCUT2D eigenvalue weighted by atomic mass is 16.6. The lowest BCUT2D eigenvalue weighted by atomic mass is 10.2. The van der Waals surface area contributed by atoms with Gasteiger partial charge in [0.15, 0.2) is 0 Å². The Morgan fingerprint density at radius 1 is 1.22 bits per heavy atom. The maximum atomic E-state index is 11.3. The SMILES string of the molecule is CNC(=O)C(C)NCCCNC(=O)OC(C)(C)C. The number of carbonyl (C=O) groups excluding carboxylic acids is 2. The molecule has 0 aliphatic carbocycles. The first-order valence-electron chi connectivity index (χ1n) is 6.18. The third-order valence-corrected chi connectivity index (χ3v) is 2.11. The lowest BCUT2D eigenvalue weighted by Crippen LogP contribution is -2.41. The molecule has 0 rings (SSSR count). The fraction of sp³-hybridized carbons (Fsp3) is 0.833. The first kappa shape index (κ1) is 16.7. The number of hydrogen-bond acceptors (Lipinski definition) is 4. The Kier molecular flexibility index (Phi) is 7.35. The summed E-state index contributed by atoms with van der Waals surface area (Å²) in [5, 5.41) is 8.26. The number of rotatable bonds is 6. The van der Waals surface area contributed by atoms with Crippen LogP contribution >= 0.6 is 0 Å². The molecule has 0 bridgehead atoms. The molecule has 6 nitrogen and oxygen atoms in total. The number of hydrogen-bond donors (Lipinski definition) is 3. The van der Waals surface area contributed by atoms with Gasteiger partial charge in [-0.25, -0.2) is 4.79 Å². The molecule has 106 valence electrons. The Morgan fingerprint density at radius 2 is 1.83 bits per heavy atom. The molecule has 0 aromatic rings. The number of nitrogens with one attached hydrogen (secondary N) is 3. The molecule has 6 heteroatoms. The van der Waals surface area contributed by atoms with Crippen molar-refractivity contribution >= 4 is 12.0 Å². The molecule has 1 unspecified atom stereocenters. The van der Waals surface area contributed by atoms with Crippen molar-refractivity contribution in [3.63, 3.8) is 0 Å². The second-order valence-electron chi connectivity index (χ2n) is 5.07. The number of likely N-dealkylation sites (N-methyl/N-ethyl adjacent to an activating group) is 1. The van der Waals surface area contributed by atoms with Crippen LogP contribution in [0.25, 0.3) is 0 Å². The van der Waals surface area contributed by atoms with Crippen LogP contribution in [0.3, 0.4) is 0 Å². The van der Waals surface area contributed by atoms with E-state index in [9.17, 15) is 9.59 Å². The minimum Gasteiger partial charge on any atom is -0.444 e. The summed E-state index contributed by atoms with van der Waals surface area (Å²) in [4.78, 5) is 22.5. The van der Waals surface area contributed by atoms with Gasteiger partial charge in [0.25, 0.3) is 0 Å². The lowest BCUT2D eigenvalue weighted by Gasteiger charge is -2.19. The van der Waals surface area contributed by atoms with Gasteiger partial charge in [-0.2, -0.15) is 0 Å². The van der Waals surface area contributed by atoms with Crippen LogP contribution in [0.2, 0.25) is 0 Å². The van der Waals surface area contributed by atoms with Crippen LogP contribution in [-0.4, -0.2) is 43.8 Å². The van der Waals surface area contributed by atoms with Gasteiger partial charge in [-0.3, -0.25) is 4.79 Å². The predicted octanol–water partition coefficient (Wildman–Crippen LogP) is 0.625. The topological polar surface area (TPSA) is 79.5 Å². The molecule has 0 aliphatic heterocycles. The van der Waals surface area contributed by atoms with Crippen LogP contribution in [0, 0.1) is 0 Å². The zero-order valence-corrected chi connectivity index (χ0v) is 11.9. The van der Waals surface area contributed by atoms with Gasteiger partial charge in [-0.05, 0) is 40.7 Å². The quantitative estimate of drug-likeness (QED) is 0.611. The molecule has 0 fully saturated rings. The molecule has 0 spiro atoms. The van der Waals surface area contributed by atoms with Gasteiger partial charge < -0.3 is 20.7 Å². The van der Waals surface area contributed by atoms with E-state index in [-0.39, 0.29) is 11.9 Å². The molecule has 2 amide bonds. The van der Waals surface area contributed by atoms with Crippen LogP contribution in [0.1, 0.15) is 34.1 Å². The number of ether oxygens (including phenoxy) is 1. The second kappa shape index (κ2) is 7.92. The Bertz CT molecular complexity index is 274. The van der Waals surface area contributed by atoms with Crippen molar-refractivity contribution in [1.29, 1.82) is 0 Å². The zero-order chi connectivity index (χ0) is 14.2. The Morgan fingerprint density at radius 3 is 2.33 bits per heavy atom. The Labute approximate surface area is 109 Å². The number of carbonyl (C=O) groups is 2. The minimum absolute atomic E-state index is 0.0462. The summed E-state index contributed by atoms with van der Waals surface area (Å²) >= 11 is 0. The summed E-state index contributed by atoms with van der Waals surface area (Å²) < 4.78 is 5.09. The van der Waals surface area contributed by atoms with E-state index in [2.05, 4.69) is 16.0 Å². The van der Waals surface area contributed by atoms with E-state index in [1.165, 1.54) is 0 Å². The summed E-state index contributed by atoms with van der Waals surface area (Å²) in [7, 11) is 1.60. The van der Waals surface area contributed by atoms with Crippen LogP contribution in [-0.2, 0) is 9.53 Å².